The zero-order valence-corrected chi connectivity index (χ0v) is 9.51. The van der Waals surface area contributed by atoms with Gasteiger partial charge >= 0.3 is 0 Å². The number of ether oxygens (including phenoxy) is 1. The summed E-state index contributed by atoms with van der Waals surface area (Å²) < 4.78 is 5.42. The molecule has 0 aliphatic heterocycles. The molecule has 0 unspecified atom stereocenters. The lowest BCUT2D eigenvalue weighted by molar-refractivity contribution is 0.0340. The minimum atomic E-state index is 0.816. The van der Waals surface area contributed by atoms with E-state index >= 15 is 0 Å². The molecule has 0 aliphatic rings. The van der Waals surface area contributed by atoms with Gasteiger partial charge in [0.1, 0.15) is 0 Å². The third-order valence-electron chi connectivity index (χ3n) is 2.13. The molecule has 0 aromatic heterocycles. The summed E-state index contributed by atoms with van der Waals surface area (Å²) in [7, 11) is 0. The summed E-state index contributed by atoms with van der Waals surface area (Å²) in [6.07, 6.45) is 5.12. The summed E-state index contributed by atoms with van der Waals surface area (Å²) in [5.74, 6) is 0. The second-order valence-corrected chi connectivity index (χ2v) is 3.45. The molecule has 0 bridgehead atoms. The predicted molar refractivity (Wildman–Crippen MR) is 57.9 cm³/mol. The summed E-state index contributed by atoms with van der Waals surface area (Å²) >= 11 is 0. The first-order valence-corrected chi connectivity index (χ1v) is 5.65. The topological polar surface area (TPSA) is 12.5 Å². The van der Waals surface area contributed by atoms with Crippen molar-refractivity contribution >= 4 is 0 Å². The fourth-order valence-electron chi connectivity index (χ4n) is 1.22. The van der Waals surface area contributed by atoms with E-state index in [-0.39, 0.29) is 0 Å². The number of hydrogen-bond donors (Lipinski definition) is 0. The minimum absolute atomic E-state index is 0.816. The van der Waals surface area contributed by atoms with E-state index in [2.05, 4.69) is 25.7 Å². The van der Waals surface area contributed by atoms with Crippen LogP contribution in [0.15, 0.2) is 0 Å². The maximum atomic E-state index is 5.42. The van der Waals surface area contributed by atoms with Crippen LogP contribution in [0, 0.1) is 0 Å². The van der Waals surface area contributed by atoms with Crippen molar-refractivity contribution in [3.05, 3.63) is 0 Å². The molecule has 13 heavy (non-hydrogen) atoms. The Morgan fingerprint density at radius 3 is 1.85 bits per heavy atom. The highest BCUT2D eigenvalue weighted by Gasteiger charge is 2.02. The predicted octanol–water partition coefficient (Wildman–Crippen LogP) is 2.88. The fourth-order valence-corrected chi connectivity index (χ4v) is 1.22. The normalized spacial score (nSPS) is 11.1. The fraction of sp³-hybridized carbons (Fsp3) is 1.00. The van der Waals surface area contributed by atoms with E-state index in [1.807, 2.05) is 0 Å². The van der Waals surface area contributed by atoms with Gasteiger partial charge in [0.15, 0.2) is 0 Å². The van der Waals surface area contributed by atoms with Crippen molar-refractivity contribution in [2.75, 3.05) is 26.4 Å². The molecule has 0 aliphatic carbocycles. The standard InChI is InChI=1S/C11H25NO/c1-4-7-9-12(10-8-5-2)11-13-6-3/h4-11H2,1-3H3. The zero-order valence-electron chi connectivity index (χ0n) is 9.51. The van der Waals surface area contributed by atoms with Crippen LogP contribution >= 0.6 is 0 Å². The molecule has 0 radical (unpaired) electrons. The Hall–Kier alpha value is -0.0800. The first-order chi connectivity index (χ1) is 6.35. The number of nitrogens with zero attached hydrogens (tertiary/aromatic N) is 1. The first-order valence-electron chi connectivity index (χ1n) is 5.65. The van der Waals surface area contributed by atoms with Crippen LogP contribution in [-0.2, 0) is 4.74 Å². The Morgan fingerprint density at radius 1 is 0.923 bits per heavy atom. The number of hydrogen-bond acceptors (Lipinski definition) is 2. The lowest BCUT2D eigenvalue weighted by Crippen LogP contribution is -2.28. The third kappa shape index (κ3) is 8.26. The van der Waals surface area contributed by atoms with E-state index in [0.717, 1.165) is 13.3 Å². The Bertz CT molecular complexity index is 77.1. The minimum Gasteiger partial charge on any atom is -0.366 e. The average molecular weight is 187 g/mol. The van der Waals surface area contributed by atoms with Gasteiger partial charge in [0.05, 0.1) is 6.73 Å². The summed E-state index contributed by atoms with van der Waals surface area (Å²) in [6, 6.07) is 0. The number of unbranched alkanes of at least 4 members (excludes halogenated alkanes) is 2. The van der Waals surface area contributed by atoms with Crippen LogP contribution in [0.3, 0.4) is 0 Å². The summed E-state index contributed by atoms with van der Waals surface area (Å²) in [6.45, 7) is 10.5. The summed E-state index contributed by atoms with van der Waals surface area (Å²) in [4.78, 5) is 2.41. The Labute approximate surface area is 83.3 Å². The second-order valence-electron chi connectivity index (χ2n) is 3.45. The molecule has 2 heteroatoms. The lowest BCUT2D eigenvalue weighted by Gasteiger charge is -2.21. The molecular formula is C11H25NO. The third-order valence-corrected chi connectivity index (χ3v) is 2.13. The molecule has 0 fully saturated rings. The van der Waals surface area contributed by atoms with Crippen molar-refractivity contribution in [1.29, 1.82) is 0 Å². The Morgan fingerprint density at radius 2 is 1.46 bits per heavy atom. The average Bonchev–Trinajstić information content (AvgIpc) is 2.17. The van der Waals surface area contributed by atoms with Crippen LogP contribution in [0.4, 0.5) is 0 Å². The van der Waals surface area contributed by atoms with E-state index < -0.39 is 0 Å². The van der Waals surface area contributed by atoms with Crippen molar-refractivity contribution in [3.8, 4) is 0 Å². The summed E-state index contributed by atoms with van der Waals surface area (Å²) in [5.41, 5.74) is 0. The van der Waals surface area contributed by atoms with E-state index in [4.69, 9.17) is 4.74 Å². The maximum Gasteiger partial charge on any atom is 0.0990 e. The molecule has 0 rings (SSSR count). The molecule has 0 heterocycles. The van der Waals surface area contributed by atoms with Gasteiger partial charge in [-0.3, -0.25) is 4.90 Å². The van der Waals surface area contributed by atoms with Crippen LogP contribution in [0.1, 0.15) is 46.5 Å². The van der Waals surface area contributed by atoms with E-state index in [9.17, 15) is 0 Å². The highest BCUT2D eigenvalue weighted by atomic mass is 16.5. The molecule has 0 atom stereocenters. The first kappa shape index (κ1) is 12.9. The number of rotatable bonds is 9. The molecule has 0 N–H and O–H groups in total. The van der Waals surface area contributed by atoms with Crippen LogP contribution in [-0.4, -0.2) is 31.3 Å². The molecule has 0 amide bonds. The highest BCUT2D eigenvalue weighted by Crippen LogP contribution is 1.99. The van der Waals surface area contributed by atoms with Crippen molar-refractivity contribution in [1.82, 2.24) is 4.90 Å². The van der Waals surface area contributed by atoms with Crippen LogP contribution in [0.25, 0.3) is 0 Å². The highest BCUT2D eigenvalue weighted by molar-refractivity contribution is 4.52. The van der Waals surface area contributed by atoms with Crippen LogP contribution in [0.5, 0.6) is 0 Å². The monoisotopic (exact) mass is 187 g/mol. The molecule has 2 nitrogen and oxygen atoms in total. The van der Waals surface area contributed by atoms with Crippen LogP contribution < -0.4 is 0 Å². The van der Waals surface area contributed by atoms with Gasteiger partial charge in [0, 0.05) is 19.7 Å². The van der Waals surface area contributed by atoms with Gasteiger partial charge in [-0.25, -0.2) is 0 Å². The molecule has 0 saturated heterocycles. The van der Waals surface area contributed by atoms with E-state index in [1.165, 1.54) is 38.8 Å². The van der Waals surface area contributed by atoms with Gasteiger partial charge < -0.3 is 4.74 Å². The molecule has 0 aromatic carbocycles. The molecule has 80 valence electrons. The van der Waals surface area contributed by atoms with Crippen molar-refractivity contribution < 1.29 is 4.74 Å². The maximum absolute atomic E-state index is 5.42. The van der Waals surface area contributed by atoms with Gasteiger partial charge in [-0.1, -0.05) is 26.7 Å². The zero-order chi connectivity index (χ0) is 9.94. The SMILES string of the molecule is CCCCN(CCCC)COCC. The van der Waals surface area contributed by atoms with E-state index in [0.29, 0.717) is 0 Å². The molecule has 0 spiro atoms. The Kier molecular flexibility index (Phi) is 9.94. The van der Waals surface area contributed by atoms with Crippen molar-refractivity contribution in [2.45, 2.75) is 46.5 Å². The van der Waals surface area contributed by atoms with Gasteiger partial charge in [-0.05, 0) is 19.8 Å². The van der Waals surface area contributed by atoms with Crippen molar-refractivity contribution in [2.24, 2.45) is 0 Å². The van der Waals surface area contributed by atoms with Gasteiger partial charge in [-0.2, -0.15) is 0 Å². The second kappa shape index (κ2) is 10.0. The molecular weight excluding hydrogens is 162 g/mol. The van der Waals surface area contributed by atoms with Crippen LogP contribution in [0.2, 0.25) is 0 Å². The molecule has 0 aromatic rings. The van der Waals surface area contributed by atoms with Crippen molar-refractivity contribution in [3.63, 3.8) is 0 Å². The van der Waals surface area contributed by atoms with Gasteiger partial charge in [-0.15, -0.1) is 0 Å². The Balaban J connectivity index is 3.47. The quantitative estimate of drug-likeness (QED) is 0.515. The van der Waals surface area contributed by atoms with Gasteiger partial charge in [0.25, 0.3) is 0 Å². The van der Waals surface area contributed by atoms with Gasteiger partial charge in [0.2, 0.25) is 0 Å². The molecule has 0 saturated carbocycles. The van der Waals surface area contributed by atoms with E-state index in [1.54, 1.807) is 0 Å². The lowest BCUT2D eigenvalue weighted by atomic mass is 10.3. The largest absolute Gasteiger partial charge is 0.366 e. The summed E-state index contributed by atoms with van der Waals surface area (Å²) in [5, 5.41) is 0. The smallest absolute Gasteiger partial charge is 0.0990 e.